The number of likely N-dealkylation sites (tertiary alicyclic amines) is 1. The highest BCUT2D eigenvalue weighted by molar-refractivity contribution is 5.73. The second-order valence-electron chi connectivity index (χ2n) is 5.45. The maximum atomic E-state index is 12.2. The number of hydrogen-bond donors (Lipinski definition) is 1. The molecule has 1 aliphatic heterocycles. The predicted molar refractivity (Wildman–Crippen MR) is 81.0 cm³/mol. The molecular weight excluding hydrogens is 320 g/mol. The van der Waals surface area contributed by atoms with E-state index in [4.69, 9.17) is 4.74 Å². The lowest BCUT2D eigenvalue weighted by Crippen LogP contribution is -2.37. The summed E-state index contributed by atoms with van der Waals surface area (Å²) >= 11 is 0. The zero-order valence-corrected chi connectivity index (χ0v) is 13.1. The van der Waals surface area contributed by atoms with Gasteiger partial charge in [-0.15, -0.1) is 0 Å². The Labute approximate surface area is 137 Å². The van der Waals surface area contributed by atoms with Crippen molar-refractivity contribution in [3.05, 3.63) is 39.9 Å². The molecule has 0 saturated carbocycles. The number of methoxy groups -OCH3 is 1. The Morgan fingerprint density at radius 3 is 2.62 bits per heavy atom. The molecule has 2 rings (SSSR count). The van der Waals surface area contributed by atoms with Crippen LogP contribution in [0, 0.1) is 10.1 Å². The average Bonchev–Trinajstić information content (AvgIpc) is 2.93. The fraction of sp³-hybridized carbons (Fsp3) is 0.467. The first kappa shape index (κ1) is 17.7. The van der Waals surface area contributed by atoms with Crippen molar-refractivity contribution in [2.45, 2.75) is 31.6 Å². The Balaban J connectivity index is 1.92. The Kier molecular flexibility index (Phi) is 5.69. The normalized spacial score (nSPS) is 19.8. The summed E-state index contributed by atoms with van der Waals surface area (Å²) in [5, 5.41) is 20.3. The van der Waals surface area contributed by atoms with Crippen molar-refractivity contribution >= 4 is 17.7 Å². The van der Waals surface area contributed by atoms with Crippen LogP contribution in [-0.2, 0) is 20.9 Å². The zero-order chi connectivity index (χ0) is 17.7. The van der Waals surface area contributed by atoms with Crippen molar-refractivity contribution in [2.75, 3.05) is 13.7 Å². The van der Waals surface area contributed by atoms with E-state index in [1.54, 1.807) is 0 Å². The number of amides is 1. The first-order valence-electron chi connectivity index (χ1n) is 7.32. The van der Waals surface area contributed by atoms with E-state index < -0.39 is 29.1 Å². The van der Waals surface area contributed by atoms with Crippen LogP contribution in [0.25, 0.3) is 0 Å². The molecule has 0 spiro atoms. The monoisotopic (exact) mass is 338 g/mol. The number of esters is 1. The highest BCUT2D eigenvalue weighted by Crippen LogP contribution is 2.22. The van der Waals surface area contributed by atoms with E-state index in [1.165, 1.54) is 36.3 Å². The summed E-state index contributed by atoms with van der Waals surface area (Å²) in [5.74, 6) is -0.470. The summed E-state index contributed by atoms with van der Waals surface area (Å²) in [6.45, 7) is 0.0229. The molecule has 24 heavy (non-hydrogen) atoms. The van der Waals surface area contributed by atoms with Gasteiger partial charge in [-0.25, -0.2) is 4.79 Å². The largest absolute Gasteiger partial charge is 0.469 e. The molecule has 0 radical (unpaired) electrons. The van der Waals surface area contributed by atoms with Crippen molar-refractivity contribution in [3.63, 3.8) is 0 Å². The van der Waals surface area contributed by atoms with Crippen LogP contribution in [0.15, 0.2) is 24.3 Å². The molecule has 1 heterocycles. The lowest BCUT2D eigenvalue weighted by Gasteiger charge is -2.22. The highest BCUT2D eigenvalue weighted by atomic mass is 16.6. The number of aliphatic hydroxyl groups is 1. The highest BCUT2D eigenvalue weighted by Gasteiger charge is 2.36. The van der Waals surface area contributed by atoms with E-state index in [1.807, 2.05) is 0 Å². The van der Waals surface area contributed by atoms with Gasteiger partial charge in [-0.3, -0.25) is 14.9 Å². The van der Waals surface area contributed by atoms with Gasteiger partial charge in [0.05, 0.1) is 31.1 Å². The second-order valence-corrected chi connectivity index (χ2v) is 5.45. The number of nitro benzene ring substituents is 1. The van der Waals surface area contributed by atoms with Gasteiger partial charge in [0.1, 0.15) is 6.61 Å². The molecule has 0 aliphatic carbocycles. The minimum Gasteiger partial charge on any atom is -0.469 e. The summed E-state index contributed by atoms with van der Waals surface area (Å²) in [4.78, 5) is 34.9. The number of ether oxygens (including phenoxy) is 2. The van der Waals surface area contributed by atoms with Gasteiger partial charge in [0, 0.05) is 18.2 Å². The molecule has 1 amide bonds. The Morgan fingerprint density at radius 2 is 2.04 bits per heavy atom. The van der Waals surface area contributed by atoms with Crippen LogP contribution in [0.3, 0.4) is 0 Å². The van der Waals surface area contributed by atoms with Crippen LogP contribution < -0.4 is 0 Å². The Morgan fingerprint density at radius 1 is 1.38 bits per heavy atom. The molecule has 0 bridgehead atoms. The van der Waals surface area contributed by atoms with Crippen molar-refractivity contribution in [3.8, 4) is 0 Å². The number of nitro groups is 1. The summed E-state index contributed by atoms with van der Waals surface area (Å²) < 4.78 is 9.74. The molecule has 1 saturated heterocycles. The van der Waals surface area contributed by atoms with Gasteiger partial charge in [-0.05, 0) is 24.1 Å². The molecule has 1 aromatic carbocycles. The van der Waals surface area contributed by atoms with E-state index in [9.17, 15) is 24.8 Å². The minimum atomic E-state index is -0.716. The number of aliphatic hydroxyl groups excluding tert-OH is 1. The van der Waals surface area contributed by atoms with Gasteiger partial charge < -0.3 is 19.5 Å². The molecule has 1 aliphatic rings. The molecular formula is C15H18N2O7. The summed E-state index contributed by atoms with van der Waals surface area (Å²) in [6, 6.07) is 5.16. The van der Waals surface area contributed by atoms with Crippen molar-refractivity contribution in [1.29, 1.82) is 0 Å². The van der Waals surface area contributed by atoms with Gasteiger partial charge in [0.15, 0.2) is 0 Å². The standard InChI is InChI=1S/C15H18N2O7/c1-23-14(19)7-12-6-13(18)8-16(12)15(20)24-9-10-2-4-11(5-3-10)17(21)22/h2-5,12-13,18H,6-9H2,1H3/t12-,13+/m0/s1. The number of non-ortho nitro benzene ring substituents is 1. The molecule has 2 atom stereocenters. The number of β-amino-alcohol motifs (C(OH)–C–C–N with tert-alkyl or cyclic N) is 1. The van der Waals surface area contributed by atoms with Gasteiger partial charge in [-0.2, -0.15) is 0 Å². The molecule has 130 valence electrons. The maximum absolute atomic E-state index is 12.2. The van der Waals surface area contributed by atoms with Crippen molar-refractivity contribution in [2.24, 2.45) is 0 Å². The summed E-state index contributed by atoms with van der Waals surface area (Å²) in [6.07, 6.45) is -1.10. The SMILES string of the molecule is COC(=O)C[C@@H]1C[C@@H](O)CN1C(=O)OCc1ccc([N+](=O)[O-])cc1. The van der Waals surface area contributed by atoms with Crippen molar-refractivity contribution in [1.82, 2.24) is 4.90 Å². The average molecular weight is 338 g/mol. The van der Waals surface area contributed by atoms with E-state index in [2.05, 4.69) is 4.74 Å². The molecule has 1 N–H and O–H groups in total. The maximum Gasteiger partial charge on any atom is 0.410 e. The topological polar surface area (TPSA) is 119 Å². The van der Waals surface area contributed by atoms with Crippen LogP contribution in [0.4, 0.5) is 10.5 Å². The molecule has 9 heteroatoms. The van der Waals surface area contributed by atoms with Crippen molar-refractivity contribution < 1.29 is 29.1 Å². The molecule has 0 unspecified atom stereocenters. The fourth-order valence-corrected chi connectivity index (χ4v) is 2.53. The Bertz CT molecular complexity index is 617. The minimum absolute atomic E-state index is 0.0137. The number of benzene rings is 1. The molecule has 0 aromatic heterocycles. The molecule has 1 fully saturated rings. The van der Waals surface area contributed by atoms with Crippen LogP contribution >= 0.6 is 0 Å². The van der Waals surface area contributed by atoms with Gasteiger partial charge in [-0.1, -0.05) is 0 Å². The lowest BCUT2D eigenvalue weighted by molar-refractivity contribution is -0.384. The third kappa shape index (κ3) is 4.42. The van der Waals surface area contributed by atoms with Crippen LogP contribution in [-0.4, -0.2) is 52.8 Å². The molecule has 1 aromatic rings. The predicted octanol–water partition coefficient (Wildman–Crippen LogP) is 1.23. The number of nitrogens with zero attached hydrogens (tertiary/aromatic N) is 2. The van der Waals surface area contributed by atoms with Gasteiger partial charge in [0.25, 0.3) is 5.69 Å². The van der Waals surface area contributed by atoms with Crippen LogP contribution in [0.1, 0.15) is 18.4 Å². The zero-order valence-electron chi connectivity index (χ0n) is 13.1. The second kappa shape index (κ2) is 7.73. The first-order chi connectivity index (χ1) is 11.4. The van der Waals surface area contributed by atoms with E-state index >= 15 is 0 Å². The number of carbonyl (C=O) groups is 2. The smallest absolute Gasteiger partial charge is 0.410 e. The van der Waals surface area contributed by atoms with Gasteiger partial charge >= 0.3 is 12.1 Å². The summed E-state index contributed by atoms with van der Waals surface area (Å²) in [5.41, 5.74) is 0.545. The quantitative estimate of drug-likeness (QED) is 0.487. The van der Waals surface area contributed by atoms with E-state index in [0.29, 0.717) is 5.56 Å². The lowest BCUT2D eigenvalue weighted by atomic mass is 10.1. The number of rotatable bonds is 5. The van der Waals surface area contributed by atoms with E-state index in [-0.39, 0.29) is 31.7 Å². The van der Waals surface area contributed by atoms with Crippen LogP contribution in [0.2, 0.25) is 0 Å². The first-order valence-corrected chi connectivity index (χ1v) is 7.32. The van der Waals surface area contributed by atoms with Crippen LogP contribution in [0.5, 0.6) is 0 Å². The fourth-order valence-electron chi connectivity index (χ4n) is 2.53. The number of hydrogen-bond acceptors (Lipinski definition) is 7. The third-order valence-electron chi connectivity index (χ3n) is 3.77. The third-order valence-corrected chi connectivity index (χ3v) is 3.77. The van der Waals surface area contributed by atoms with Gasteiger partial charge in [0.2, 0.25) is 0 Å². The summed E-state index contributed by atoms with van der Waals surface area (Å²) in [7, 11) is 1.25. The molecule has 9 nitrogen and oxygen atoms in total. The van der Waals surface area contributed by atoms with E-state index in [0.717, 1.165) is 0 Å². The Hall–Kier alpha value is -2.68. The number of carbonyl (C=O) groups excluding carboxylic acids is 2.